The number of quaternary nitrogens is 1. The third-order valence-electron chi connectivity index (χ3n) is 4.90. The quantitative estimate of drug-likeness (QED) is 0.445. The Bertz CT molecular complexity index is 801. The molecule has 0 fully saturated rings. The molecule has 0 saturated carbocycles. The number of hydrogen-bond donors (Lipinski definition) is 2. The van der Waals surface area contributed by atoms with Crippen LogP contribution in [0.1, 0.15) is 38.3 Å². The molecule has 0 aromatic heterocycles. The summed E-state index contributed by atoms with van der Waals surface area (Å²) < 4.78 is 13.1. The Morgan fingerprint density at radius 3 is 2.40 bits per heavy atom. The van der Waals surface area contributed by atoms with Crippen LogP contribution in [-0.2, 0) is 13.2 Å². The number of nitrogens with one attached hydrogen (secondary N) is 1. The fourth-order valence-corrected chi connectivity index (χ4v) is 3.81. The minimum atomic E-state index is 0.460. The molecule has 166 valence electrons. The van der Waals surface area contributed by atoms with Crippen LogP contribution in [0.2, 0.25) is 5.02 Å². The van der Waals surface area contributed by atoms with Crippen LogP contribution in [-0.4, -0.2) is 26.7 Å². The standard InChI is InChI=1S/C24H34BrClN2O2/c1-17(2)15-29-22-9-19(14-28(4)8-7-18(3)13-27)10-23(12-22)30-16-20-5-6-21(26)11-24(20)25/h5-6,9-12,17-18H,7-8,13-16,27H2,1-4H3/p+1. The molecular formula is C24H35BrClN2O2+. The first-order valence-electron chi connectivity index (χ1n) is 10.6. The number of ether oxygens (including phenoxy) is 2. The van der Waals surface area contributed by atoms with Gasteiger partial charge in [-0.15, -0.1) is 0 Å². The maximum Gasteiger partial charge on any atom is 0.124 e. The van der Waals surface area contributed by atoms with Gasteiger partial charge in [0.1, 0.15) is 24.7 Å². The van der Waals surface area contributed by atoms with Crippen molar-refractivity contribution >= 4 is 27.5 Å². The van der Waals surface area contributed by atoms with Gasteiger partial charge in [0, 0.05) is 33.1 Å². The highest BCUT2D eigenvalue weighted by Crippen LogP contribution is 2.26. The van der Waals surface area contributed by atoms with Gasteiger partial charge in [-0.05, 0) is 42.6 Å². The maximum absolute atomic E-state index is 6.12. The molecule has 2 aromatic carbocycles. The molecule has 2 aromatic rings. The highest BCUT2D eigenvalue weighted by molar-refractivity contribution is 9.10. The smallest absolute Gasteiger partial charge is 0.124 e. The van der Waals surface area contributed by atoms with Crippen molar-refractivity contribution in [3.05, 3.63) is 57.0 Å². The minimum Gasteiger partial charge on any atom is -0.493 e. The van der Waals surface area contributed by atoms with Crippen molar-refractivity contribution in [3.8, 4) is 11.5 Å². The van der Waals surface area contributed by atoms with Gasteiger partial charge < -0.3 is 20.1 Å². The first-order chi connectivity index (χ1) is 14.3. The molecule has 2 rings (SSSR count). The molecule has 2 atom stereocenters. The van der Waals surface area contributed by atoms with Crippen LogP contribution in [0.15, 0.2) is 40.9 Å². The van der Waals surface area contributed by atoms with E-state index in [-0.39, 0.29) is 0 Å². The monoisotopic (exact) mass is 497 g/mol. The molecule has 0 bridgehead atoms. The van der Waals surface area contributed by atoms with Gasteiger partial charge in [-0.1, -0.05) is 54.4 Å². The Morgan fingerprint density at radius 2 is 1.77 bits per heavy atom. The highest BCUT2D eigenvalue weighted by Gasteiger charge is 2.11. The topological polar surface area (TPSA) is 48.9 Å². The first kappa shape index (κ1) is 25.0. The van der Waals surface area contributed by atoms with Crippen molar-refractivity contribution in [1.82, 2.24) is 0 Å². The van der Waals surface area contributed by atoms with E-state index in [2.05, 4.69) is 55.9 Å². The zero-order chi connectivity index (χ0) is 22.1. The molecule has 0 heterocycles. The zero-order valence-corrected chi connectivity index (χ0v) is 20.9. The molecule has 3 N–H and O–H groups in total. The molecule has 0 saturated heterocycles. The van der Waals surface area contributed by atoms with E-state index in [0.29, 0.717) is 30.1 Å². The SMILES string of the molecule is CC(C)COc1cc(C[NH+](C)CCC(C)CN)cc(OCc2ccc(Cl)cc2Br)c1. The minimum absolute atomic E-state index is 0.460. The first-order valence-corrected chi connectivity index (χ1v) is 11.8. The number of nitrogens with two attached hydrogens (primary N) is 1. The van der Waals surface area contributed by atoms with Crippen molar-refractivity contribution in [1.29, 1.82) is 0 Å². The summed E-state index contributed by atoms with van der Waals surface area (Å²) in [6, 6.07) is 11.9. The number of halogens is 2. The Morgan fingerprint density at radius 1 is 1.07 bits per heavy atom. The van der Waals surface area contributed by atoms with E-state index in [0.717, 1.165) is 47.6 Å². The molecule has 30 heavy (non-hydrogen) atoms. The van der Waals surface area contributed by atoms with E-state index in [1.165, 1.54) is 10.5 Å². The molecule has 2 unspecified atom stereocenters. The molecule has 6 heteroatoms. The van der Waals surface area contributed by atoms with Crippen LogP contribution >= 0.6 is 27.5 Å². The summed E-state index contributed by atoms with van der Waals surface area (Å²) in [6.45, 7) is 10.4. The van der Waals surface area contributed by atoms with Gasteiger partial charge in [0.05, 0.1) is 20.2 Å². The molecular weight excluding hydrogens is 464 g/mol. The van der Waals surface area contributed by atoms with Crippen molar-refractivity contribution in [2.24, 2.45) is 17.6 Å². The Labute approximate surface area is 194 Å². The van der Waals surface area contributed by atoms with Crippen molar-refractivity contribution in [2.75, 3.05) is 26.7 Å². The summed E-state index contributed by atoms with van der Waals surface area (Å²) in [5, 5.41) is 0.701. The third-order valence-corrected chi connectivity index (χ3v) is 5.88. The predicted molar refractivity (Wildman–Crippen MR) is 129 cm³/mol. The van der Waals surface area contributed by atoms with Gasteiger partial charge in [-0.25, -0.2) is 0 Å². The Hall–Kier alpha value is -1.27. The van der Waals surface area contributed by atoms with Crippen LogP contribution < -0.4 is 20.1 Å². The molecule has 0 radical (unpaired) electrons. The Balaban J connectivity index is 2.10. The van der Waals surface area contributed by atoms with E-state index >= 15 is 0 Å². The normalized spacial score (nSPS) is 13.3. The molecule has 0 aliphatic carbocycles. The summed E-state index contributed by atoms with van der Waals surface area (Å²) >= 11 is 9.60. The summed E-state index contributed by atoms with van der Waals surface area (Å²) in [6.07, 6.45) is 1.12. The lowest BCUT2D eigenvalue weighted by molar-refractivity contribution is -0.894. The average Bonchev–Trinajstić information content (AvgIpc) is 2.69. The van der Waals surface area contributed by atoms with E-state index in [1.54, 1.807) is 0 Å². The third kappa shape index (κ3) is 8.84. The molecule has 0 amide bonds. The van der Waals surface area contributed by atoms with Gasteiger partial charge in [0.2, 0.25) is 0 Å². The van der Waals surface area contributed by atoms with Crippen molar-refractivity contribution in [3.63, 3.8) is 0 Å². The van der Waals surface area contributed by atoms with Gasteiger partial charge in [-0.2, -0.15) is 0 Å². The van der Waals surface area contributed by atoms with Crippen LogP contribution in [0.3, 0.4) is 0 Å². The summed E-state index contributed by atoms with van der Waals surface area (Å²) in [7, 11) is 2.22. The average molecular weight is 499 g/mol. The van der Waals surface area contributed by atoms with E-state index in [1.807, 2.05) is 24.3 Å². The maximum atomic E-state index is 6.12. The largest absolute Gasteiger partial charge is 0.493 e. The van der Waals surface area contributed by atoms with E-state index < -0.39 is 0 Å². The van der Waals surface area contributed by atoms with Crippen LogP contribution in [0, 0.1) is 11.8 Å². The molecule has 4 nitrogen and oxygen atoms in total. The Kier molecular flexibility index (Phi) is 10.5. The lowest BCUT2D eigenvalue weighted by Crippen LogP contribution is -3.07. The number of rotatable bonds is 12. The van der Waals surface area contributed by atoms with Crippen LogP contribution in [0.4, 0.5) is 0 Å². The highest BCUT2D eigenvalue weighted by atomic mass is 79.9. The second-order valence-corrected chi connectivity index (χ2v) is 9.85. The summed E-state index contributed by atoms with van der Waals surface area (Å²) in [4.78, 5) is 1.45. The van der Waals surface area contributed by atoms with Gasteiger partial charge in [0.15, 0.2) is 0 Å². The fraction of sp³-hybridized carbons (Fsp3) is 0.500. The number of benzene rings is 2. The van der Waals surface area contributed by atoms with Crippen LogP contribution in [0.25, 0.3) is 0 Å². The second-order valence-electron chi connectivity index (χ2n) is 8.56. The van der Waals surface area contributed by atoms with E-state index in [9.17, 15) is 0 Å². The van der Waals surface area contributed by atoms with Gasteiger partial charge in [0.25, 0.3) is 0 Å². The molecule has 0 aliphatic rings. The zero-order valence-electron chi connectivity index (χ0n) is 18.5. The summed E-state index contributed by atoms with van der Waals surface area (Å²) in [5.74, 6) is 2.69. The fourth-order valence-electron chi connectivity index (χ4n) is 3.01. The van der Waals surface area contributed by atoms with Gasteiger partial charge >= 0.3 is 0 Å². The second kappa shape index (κ2) is 12.6. The van der Waals surface area contributed by atoms with E-state index in [4.69, 9.17) is 26.8 Å². The van der Waals surface area contributed by atoms with Crippen molar-refractivity contribution in [2.45, 2.75) is 40.3 Å². The lowest BCUT2D eigenvalue weighted by atomic mass is 10.1. The number of hydrogen-bond acceptors (Lipinski definition) is 3. The van der Waals surface area contributed by atoms with Crippen LogP contribution in [0.5, 0.6) is 11.5 Å². The lowest BCUT2D eigenvalue weighted by Gasteiger charge is -2.18. The molecule has 0 spiro atoms. The van der Waals surface area contributed by atoms with Gasteiger partial charge in [-0.3, -0.25) is 0 Å². The molecule has 0 aliphatic heterocycles. The van der Waals surface area contributed by atoms with Crippen molar-refractivity contribution < 1.29 is 14.4 Å². The summed E-state index contributed by atoms with van der Waals surface area (Å²) in [5.41, 5.74) is 8.01. The predicted octanol–water partition coefficient (Wildman–Crippen LogP) is 4.72.